The number of halogens is 2. The molecule has 0 fully saturated rings. The molecular weight excluding hydrogens is 332 g/mol. The molecule has 126 valence electrons. The zero-order valence-electron chi connectivity index (χ0n) is 13.6. The van der Waals surface area contributed by atoms with Gasteiger partial charge in [-0.3, -0.25) is 9.97 Å². The molecule has 3 heterocycles. The summed E-state index contributed by atoms with van der Waals surface area (Å²) in [4.78, 5) is 13.3. The summed E-state index contributed by atoms with van der Waals surface area (Å²) in [6.07, 6.45) is 3.35. The van der Waals surface area contributed by atoms with Gasteiger partial charge in [0.25, 0.3) is 0 Å². The SMILES string of the molecule is Fc1cc(F)cc(-c2cc(-c3ccccn3)nc(-c3ccccn3)c2)c1. The molecule has 26 heavy (non-hydrogen) atoms. The molecule has 0 amide bonds. The number of hydrogen-bond acceptors (Lipinski definition) is 3. The van der Waals surface area contributed by atoms with E-state index in [1.807, 2.05) is 36.4 Å². The summed E-state index contributed by atoms with van der Waals surface area (Å²) in [6.45, 7) is 0. The highest BCUT2D eigenvalue weighted by molar-refractivity contribution is 5.74. The fourth-order valence-corrected chi connectivity index (χ4v) is 2.71. The van der Waals surface area contributed by atoms with Gasteiger partial charge in [0.1, 0.15) is 11.6 Å². The number of benzene rings is 1. The second kappa shape index (κ2) is 6.80. The predicted molar refractivity (Wildman–Crippen MR) is 96.1 cm³/mol. The van der Waals surface area contributed by atoms with Crippen LogP contribution in [0.3, 0.4) is 0 Å². The number of nitrogens with zero attached hydrogens (tertiary/aromatic N) is 3. The summed E-state index contributed by atoms with van der Waals surface area (Å²) in [5.74, 6) is -1.26. The van der Waals surface area contributed by atoms with E-state index in [-0.39, 0.29) is 0 Å². The fraction of sp³-hybridized carbons (Fsp3) is 0. The Hall–Kier alpha value is -3.47. The summed E-state index contributed by atoms with van der Waals surface area (Å²) in [5, 5.41) is 0. The molecule has 0 N–H and O–H groups in total. The normalized spacial score (nSPS) is 10.7. The largest absolute Gasteiger partial charge is 0.255 e. The molecule has 4 aromatic rings. The Kier molecular flexibility index (Phi) is 4.19. The van der Waals surface area contributed by atoms with Gasteiger partial charge in [0.15, 0.2) is 0 Å². The minimum atomic E-state index is -0.629. The second-order valence-corrected chi connectivity index (χ2v) is 5.71. The third-order valence-corrected chi connectivity index (χ3v) is 3.88. The summed E-state index contributed by atoms with van der Waals surface area (Å²) < 4.78 is 27.4. The van der Waals surface area contributed by atoms with Crippen LogP contribution in [-0.4, -0.2) is 15.0 Å². The lowest BCUT2D eigenvalue weighted by Gasteiger charge is -2.09. The van der Waals surface area contributed by atoms with E-state index in [1.165, 1.54) is 12.1 Å². The van der Waals surface area contributed by atoms with E-state index in [4.69, 9.17) is 0 Å². The quantitative estimate of drug-likeness (QED) is 0.515. The molecule has 0 saturated carbocycles. The van der Waals surface area contributed by atoms with Crippen LogP contribution in [0.1, 0.15) is 0 Å². The Labute approximate surface area is 149 Å². The van der Waals surface area contributed by atoms with Gasteiger partial charge in [0, 0.05) is 18.5 Å². The topological polar surface area (TPSA) is 38.7 Å². The average Bonchev–Trinajstić information content (AvgIpc) is 2.68. The molecule has 0 aliphatic rings. The summed E-state index contributed by atoms with van der Waals surface area (Å²) >= 11 is 0. The first-order chi connectivity index (χ1) is 12.7. The lowest BCUT2D eigenvalue weighted by atomic mass is 10.0. The summed E-state index contributed by atoms with van der Waals surface area (Å²) in [5.41, 5.74) is 3.62. The van der Waals surface area contributed by atoms with E-state index in [2.05, 4.69) is 15.0 Å². The Morgan fingerprint density at radius 3 is 1.50 bits per heavy atom. The molecule has 0 atom stereocenters. The third kappa shape index (κ3) is 3.32. The van der Waals surface area contributed by atoms with E-state index in [0.717, 1.165) is 6.07 Å². The van der Waals surface area contributed by atoms with Gasteiger partial charge in [-0.1, -0.05) is 12.1 Å². The van der Waals surface area contributed by atoms with Gasteiger partial charge >= 0.3 is 0 Å². The van der Waals surface area contributed by atoms with Gasteiger partial charge in [-0.25, -0.2) is 13.8 Å². The van der Waals surface area contributed by atoms with Crippen LogP contribution in [0.2, 0.25) is 0 Å². The van der Waals surface area contributed by atoms with Crippen molar-refractivity contribution in [2.24, 2.45) is 0 Å². The highest BCUT2D eigenvalue weighted by Gasteiger charge is 2.11. The van der Waals surface area contributed by atoms with Crippen molar-refractivity contribution < 1.29 is 8.78 Å². The maximum Gasteiger partial charge on any atom is 0.126 e. The minimum Gasteiger partial charge on any atom is -0.255 e. The first-order valence-electron chi connectivity index (χ1n) is 8.00. The van der Waals surface area contributed by atoms with E-state index >= 15 is 0 Å². The van der Waals surface area contributed by atoms with Crippen LogP contribution >= 0.6 is 0 Å². The third-order valence-electron chi connectivity index (χ3n) is 3.88. The standard InChI is InChI=1S/C21H13F2N3/c22-16-9-14(10-17(23)13-16)15-11-20(18-5-1-3-7-24-18)26-21(12-15)19-6-2-4-8-25-19/h1-13H. The number of aromatic nitrogens is 3. The lowest BCUT2D eigenvalue weighted by Crippen LogP contribution is -1.94. The summed E-state index contributed by atoms with van der Waals surface area (Å²) in [6, 6.07) is 18.0. The van der Waals surface area contributed by atoms with Crippen LogP contribution in [0.4, 0.5) is 8.78 Å². The van der Waals surface area contributed by atoms with Gasteiger partial charge in [-0.2, -0.15) is 0 Å². The van der Waals surface area contributed by atoms with Gasteiger partial charge in [0.05, 0.1) is 22.8 Å². The smallest absolute Gasteiger partial charge is 0.126 e. The van der Waals surface area contributed by atoms with E-state index in [0.29, 0.717) is 33.9 Å². The molecule has 0 aliphatic carbocycles. The van der Waals surface area contributed by atoms with Crippen molar-refractivity contribution in [1.29, 1.82) is 0 Å². The minimum absolute atomic E-state index is 0.430. The molecule has 4 rings (SSSR count). The van der Waals surface area contributed by atoms with E-state index < -0.39 is 11.6 Å². The number of pyridine rings is 3. The van der Waals surface area contributed by atoms with Crippen molar-refractivity contribution in [1.82, 2.24) is 15.0 Å². The van der Waals surface area contributed by atoms with Crippen molar-refractivity contribution in [3.63, 3.8) is 0 Å². The van der Waals surface area contributed by atoms with Crippen LogP contribution < -0.4 is 0 Å². The molecule has 3 aromatic heterocycles. The lowest BCUT2D eigenvalue weighted by molar-refractivity contribution is 0.584. The van der Waals surface area contributed by atoms with Crippen molar-refractivity contribution in [2.75, 3.05) is 0 Å². The van der Waals surface area contributed by atoms with Gasteiger partial charge in [-0.15, -0.1) is 0 Å². The van der Waals surface area contributed by atoms with Crippen molar-refractivity contribution in [3.05, 3.63) is 90.8 Å². The molecule has 0 unspecified atom stereocenters. The van der Waals surface area contributed by atoms with Crippen LogP contribution in [0, 0.1) is 11.6 Å². The maximum atomic E-state index is 13.7. The molecule has 0 bridgehead atoms. The first-order valence-corrected chi connectivity index (χ1v) is 8.00. The number of rotatable bonds is 3. The van der Waals surface area contributed by atoms with Gasteiger partial charge < -0.3 is 0 Å². The highest BCUT2D eigenvalue weighted by atomic mass is 19.1. The zero-order valence-corrected chi connectivity index (χ0v) is 13.6. The molecule has 0 spiro atoms. The fourth-order valence-electron chi connectivity index (χ4n) is 2.71. The van der Waals surface area contributed by atoms with Gasteiger partial charge in [0.2, 0.25) is 0 Å². The van der Waals surface area contributed by atoms with Crippen molar-refractivity contribution in [2.45, 2.75) is 0 Å². The van der Waals surface area contributed by atoms with E-state index in [1.54, 1.807) is 24.5 Å². The van der Waals surface area contributed by atoms with E-state index in [9.17, 15) is 8.78 Å². The van der Waals surface area contributed by atoms with Crippen LogP contribution in [0.5, 0.6) is 0 Å². The van der Waals surface area contributed by atoms with Gasteiger partial charge in [-0.05, 0) is 59.7 Å². The predicted octanol–water partition coefficient (Wildman–Crippen LogP) is 5.15. The van der Waals surface area contributed by atoms with Crippen LogP contribution in [-0.2, 0) is 0 Å². The molecule has 0 radical (unpaired) electrons. The molecule has 5 heteroatoms. The Balaban J connectivity index is 1.93. The highest BCUT2D eigenvalue weighted by Crippen LogP contribution is 2.29. The average molecular weight is 345 g/mol. The first kappa shape index (κ1) is 16.0. The molecular formula is C21H13F2N3. The van der Waals surface area contributed by atoms with Crippen molar-refractivity contribution >= 4 is 0 Å². The molecule has 0 saturated heterocycles. The molecule has 0 aliphatic heterocycles. The number of hydrogen-bond donors (Lipinski definition) is 0. The Bertz CT molecular complexity index is 973. The van der Waals surface area contributed by atoms with Crippen molar-refractivity contribution in [3.8, 4) is 33.9 Å². The van der Waals surface area contributed by atoms with Crippen LogP contribution in [0.25, 0.3) is 33.9 Å². The monoisotopic (exact) mass is 345 g/mol. The maximum absolute atomic E-state index is 13.7. The Morgan fingerprint density at radius 1 is 0.538 bits per heavy atom. The Morgan fingerprint density at radius 2 is 1.04 bits per heavy atom. The second-order valence-electron chi connectivity index (χ2n) is 5.71. The molecule has 1 aromatic carbocycles. The molecule has 3 nitrogen and oxygen atoms in total. The van der Waals surface area contributed by atoms with Crippen LogP contribution in [0.15, 0.2) is 79.1 Å². The summed E-state index contributed by atoms with van der Waals surface area (Å²) in [7, 11) is 0. The zero-order chi connectivity index (χ0) is 17.9.